The first-order valence-electron chi connectivity index (χ1n) is 6.69. The summed E-state index contributed by atoms with van der Waals surface area (Å²) < 4.78 is 15.6. The second-order valence-electron chi connectivity index (χ2n) is 4.58. The van der Waals surface area contributed by atoms with E-state index in [1.165, 1.54) is 21.3 Å². The number of ether oxygens (including phenoxy) is 3. The number of Topliss-reactive ketones (excluding diaryl/α,β-unsaturated/α-hetero) is 1. The Labute approximate surface area is 129 Å². The Bertz CT molecular complexity index is 626. The molecular weight excluding hydrogens is 284 g/mol. The summed E-state index contributed by atoms with van der Waals surface area (Å²) >= 11 is 0. The van der Waals surface area contributed by atoms with Crippen LogP contribution in [0.1, 0.15) is 22.0 Å². The number of rotatable bonds is 6. The first kappa shape index (κ1) is 15.9. The van der Waals surface area contributed by atoms with Gasteiger partial charge in [-0.05, 0) is 5.56 Å². The van der Waals surface area contributed by atoms with Crippen LogP contribution in [0.15, 0.2) is 42.5 Å². The van der Waals surface area contributed by atoms with Gasteiger partial charge >= 0.3 is 0 Å². The second kappa shape index (κ2) is 6.95. The van der Waals surface area contributed by atoms with Crippen molar-refractivity contribution in [2.24, 2.45) is 0 Å². The topological polar surface area (TPSA) is 65.0 Å². The first-order valence-corrected chi connectivity index (χ1v) is 6.69. The molecule has 1 unspecified atom stereocenters. The van der Waals surface area contributed by atoms with Gasteiger partial charge in [0.2, 0.25) is 5.78 Å². The number of hydrogen-bond donors (Lipinski definition) is 1. The van der Waals surface area contributed by atoms with Crippen LogP contribution >= 0.6 is 0 Å². The summed E-state index contributed by atoms with van der Waals surface area (Å²) in [6, 6.07) is 11.9. The highest BCUT2D eigenvalue weighted by molar-refractivity contribution is 6.04. The van der Waals surface area contributed by atoms with Crippen LogP contribution in [0.25, 0.3) is 0 Å². The van der Waals surface area contributed by atoms with E-state index in [1.54, 1.807) is 36.4 Å². The molecule has 0 aliphatic carbocycles. The van der Waals surface area contributed by atoms with Gasteiger partial charge in [0.15, 0.2) is 0 Å². The van der Waals surface area contributed by atoms with Gasteiger partial charge in [-0.1, -0.05) is 30.3 Å². The van der Waals surface area contributed by atoms with Gasteiger partial charge in [-0.25, -0.2) is 0 Å². The molecule has 0 fully saturated rings. The number of carbonyl (C=O) groups excluding carboxylic acids is 1. The molecule has 2 rings (SSSR count). The highest BCUT2D eigenvalue weighted by atomic mass is 16.5. The molecule has 0 bridgehead atoms. The summed E-state index contributed by atoms with van der Waals surface area (Å²) in [4.78, 5) is 12.7. The Morgan fingerprint density at radius 1 is 0.955 bits per heavy atom. The average Bonchev–Trinajstić information content (AvgIpc) is 2.59. The number of benzene rings is 2. The number of methoxy groups -OCH3 is 3. The minimum atomic E-state index is -1.29. The average molecular weight is 302 g/mol. The van der Waals surface area contributed by atoms with Crippen molar-refractivity contribution >= 4 is 5.78 Å². The molecule has 1 atom stereocenters. The maximum absolute atomic E-state index is 12.7. The first-order chi connectivity index (χ1) is 10.6. The third-order valence-electron chi connectivity index (χ3n) is 3.33. The number of carbonyl (C=O) groups is 1. The molecule has 2 aromatic rings. The van der Waals surface area contributed by atoms with Crippen LogP contribution in [0.3, 0.4) is 0 Å². The molecule has 1 N–H and O–H groups in total. The third-order valence-corrected chi connectivity index (χ3v) is 3.33. The molecule has 0 spiro atoms. The maximum atomic E-state index is 12.7. The zero-order chi connectivity index (χ0) is 16.1. The molecule has 5 nitrogen and oxygen atoms in total. The molecule has 0 amide bonds. The summed E-state index contributed by atoms with van der Waals surface area (Å²) in [5.74, 6) is 0.578. The molecule has 0 heterocycles. The summed E-state index contributed by atoms with van der Waals surface area (Å²) in [5, 5.41) is 10.3. The van der Waals surface area contributed by atoms with Crippen molar-refractivity contribution < 1.29 is 24.1 Å². The van der Waals surface area contributed by atoms with Crippen LogP contribution in [-0.4, -0.2) is 32.2 Å². The number of hydrogen-bond acceptors (Lipinski definition) is 5. The highest BCUT2D eigenvalue weighted by Crippen LogP contribution is 2.36. The molecule has 0 saturated heterocycles. The van der Waals surface area contributed by atoms with Gasteiger partial charge in [-0.15, -0.1) is 0 Å². The Kier molecular flexibility index (Phi) is 5.01. The fourth-order valence-corrected chi connectivity index (χ4v) is 2.17. The Morgan fingerprint density at radius 3 is 1.95 bits per heavy atom. The van der Waals surface area contributed by atoms with Crippen molar-refractivity contribution in [2.45, 2.75) is 6.10 Å². The molecule has 0 aliphatic heterocycles. The maximum Gasteiger partial charge on any atom is 0.203 e. The van der Waals surface area contributed by atoms with Gasteiger partial charge < -0.3 is 19.3 Å². The van der Waals surface area contributed by atoms with Crippen molar-refractivity contribution in [1.82, 2.24) is 0 Å². The molecule has 0 radical (unpaired) electrons. The van der Waals surface area contributed by atoms with E-state index in [2.05, 4.69) is 0 Å². The molecule has 5 heteroatoms. The van der Waals surface area contributed by atoms with E-state index < -0.39 is 11.9 Å². The molecule has 0 aliphatic rings. The predicted octanol–water partition coefficient (Wildman–Crippen LogP) is 2.63. The van der Waals surface area contributed by atoms with Crippen LogP contribution < -0.4 is 14.2 Å². The Hall–Kier alpha value is -2.53. The van der Waals surface area contributed by atoms with Crippen molar-refractivity contribution in [3.05, 3.63) is 53.6 Å². The van der Waals surface area contributed by atoms with Crippen molar-refractivity contribution in [1.29, 1.82) is 0 Å². The zero-order valence-corrected chi connectivity index (χ0v) is 12.7. The quantitative estimate of drug-likeness (QED) is 0.831. The lowest BCUT2D eigenvalue weighted by Crippen LogP contribution is -2.15. The summed E-state index contributed by atoms with van der Waals surface area (Å²) in [6.07, 6.45) is -1.29. The molecule has 116 valence electrons. The summed E-state index contributed by atoms with van der Waals surface area (Å²) in [6.45, 7) is 0. The van der Waals surface area contributed by atoms with Crippen LogP contribution in [0, 0.1) is 0 Å². The van der Waals surface area contributed by atoms with E-state index in [0.717, 1.165) is 0 Å². The van der Waals surface area contributed by atoms with E-state index in [-0.39, 0.29) is 17.1 Å². The molecule has 2 aromatic carbocycles. The molecule has 0 aromatic heterocycles. The van der Waals surface area contributed by atoms with Gasteiger partial charge in [0, 0.05) is 12.1 Å². The van der Waals surface area contributed by atoms with E-state index in [9.17, 15) is 9.90 Å². The SMILES string of the molecule is COc1cc(OC)c(C(=O)C(O)c2ccccc2)c(OC)c1. The van der Waals surface area contributed by atoms with Crippen molar-refractivity contribution in [3.63, 3.8) is 0 Å². The van der Waals surface area contributed by atoms with Crippen LogP contribution in [0.5, 0.6) is 17.2 Å². The largest absolute Gasteiger partial charge is 0.496 e. The molecule has 0 saturated carbocycles. The van der Waals surface area contributed by atoms with Gasteiger partial charge in [0.05, 0.1) is 21.3 Å². The Balaban J connectivity index is 2.48. The summed E-state index contributed by atoms with van der Waals surface area (Å²) in [5.41, 5.74) is 0.689. The van der Waals surface area contributed by atoms with Gasteiger partial charge in [0.1, 0.15) is 28.9 Å². The number of ketones is 1. The van der Waals surface area contributed by atoms with Crippen molar-refractivity contribution in [3.8, 4) is 17.2 Å². The zero-order valence-electron chi connectivity index (χ0n) is 12.7. The number of aliphatic hydroxyl groups excluding tert-OH is 1. The lowest BCUT2D eigenvalue weighted by Gasteiger charge is -2.17. The fraction of sp³-hybridized carbons (Fsp3) is 0.235. The highest BCUT2D eigenvalue weighted by Gasteiger charge is 2.27. The van der Waals surface area contributed by atoms with Gasteiger partial charge in [0.25, 0.3) is 0 Å². The fourth-order valence-electron chi connectivity index (χ4n) is 2.17. The summed E-state index contributed by atoms with van der Waals surface area (Å²) in [7, 11) is 4.40. The lowest BCUT2D eigenvalue weighted by molar-refractivity contribution is 0.0740. The normalized spacial score (nSPS) is 11.6. The number of aliphatic hydroxyl groups is 1. The van der Waals surface area contributed by atoms with E-state index in [4.69, 9.17) is 14.2 Å². The van der Waals surface area contributed by atoms with Crippen LogP contribution in [-0.2, 0) is 0 Å². The van der Waals surface area contributed by atoms with E-state index in [1.807, 2.05) is 6.07 Å². The van der Waals surface area contributed by atoms with Gasteiger partial charge in [-0.3, -0.25) is 4.79 Å². The lowest BCUT2D eigenvalue weighted by atomic mass is 9.98. The molecular formula is C17H18O5. The minimum Gasteiger partial charge on any atom is -0.496 e. The Morgan fingerprint density at radius 2 is 1.50 bits per heavy atom. The minimum absolute atomic E-state index is 0.183. The monoisotopic (exact) mass is 302 g/mol. The predicted molar refractivity (Wildman–Crippen MR) is 81.8 cm³/mol. The van der Waals surface area contributed by atoms with Crippen LogP contribution in [0.4, 0.5) is 0 Å². The van der Waals surface area contributed by atoms with E-state index >= 15 is 0 Å². The third kappa shape index (κ3) is 3.04. The molecule has 22 heavy (non-hydrogen) atoms. The van der Waals surface area contributed by atoms with E-state index in [0.29, 0.717) is 11.3 Å². The van der Waals surface area contributed by atoms with Crippen molar-refractivity contribution in [2.75, 3.05) is 21.3 Å². The van der Waals surface area contributed by atoms with Gasteiger partial charge in [-0.2, -0.15) is 0 Å². The second-order valence-corrected chi connectivity index (χ2v) is 4.58. The smallest absolute Gasteiger partial charge is 0.203 e. The van der Waals surface area contributed by atoms with Crippen LogP contribution in [0.2, 0.25) is 0 Å². The standard InChI is InChI=1S/C17H18O5/c1-20-12-9-13(21-2)15(14(10-12)22-3)17(19)16(18)11-7-5-4-6-8-11/h4-10,16,18H,1-3H3.